The van der Waals surface area contributed by atoms with Crippen LogP contribution in [0.1, 0.15) is 18.0 Å². The summed E-state index contributed by atoms with van der Waals surface area (Å²) in [5.74, 6) is 1.02. The summed E-state index contributed by atoms with van der Waals surface area (Å²) in [4.78, 5) is 16.8. The number of likely N-dealkylation sites (N-methyl/N-ethyl adjacent to an activating group) is 1. The van der Waals surface area contributed by atoms with Crippen molar-refractivity contribution in [2.45, 2.75) is 18.5 Å². The Bertz CT molecular complexity index is 883. The minimum absolute atomic E-state index is 0.000295. The zero-order chi connectivity index (χ0) is 20.5. The fourth-order valence-corrected chi connectivity index (χ4v) is 4.90. The summed E-state index contributed by atoms with van der Waals surface area (Å²) >= 11 is 0. The van der Waals surface area contributed by atoms with Gasteiger partial charge in [-0.05, 0) is 47.4 Å². The van der Waals surface area contributed by atoms with E-state index in [1.807, 2.05) is 36.2 Å². The monoisotopic (exact) mass is 396 g/mol. The first-order valence-electron chi connectivity index (χ1n) is 9.99. The normalized spacial score (nSPS) is 23.0. The first-order valence-corrected chi connectivity index (χ1v) is 9.99. The third-order valence-electron chi connectivity index (χ3n) is 6.36. The Balaban J connectivity index is 1.78. The van der Waals surface area contributed by atoms with E-state index in [1.165, 1.54) is 0 Å². The molecule has 2 heterocycles. The predicted octanol–water partition coefficient (Wildman–Crippen LogP) is 2.71. The second kappa shape index (κ2) is 8.05. The van der Waals surface area contributed by atoms with Gasteiger partial charge in [0, 0.05) is 32.3 Å². The number of carbonyl (C=O) groups is 1. The number of methoxy groups -OCH3 is 2. The lowest BCUT2D eigenvalue weighted by Gasteiger charge is -2.44. The molecule has 2 aliphatic rings. The van der Waals surface area contributed by atoms with Crippen LogP contribution in [-0.4, -0.2) is 63.0 Å². The Hall–Kier alpha value is -2.57. The van der Waals surface area contributed by atoms with Crippen molar-refractivity contribution in [3.8, 4) is 16.9 Å². The van der Waals surface area contributed by atoms with Crippen LogP contribution in [0.4, 0.5) is 5.69 Å². The number of hydrogen-bond donors (Lipinski definition) is 1. The molecule has 0 aliphatic carbocycles. The fourth-order valence-electron chi connectivity index (χ4n) is 4.90. The van der Waals surface area contributed by atoms with Crippen LogP contribution in [0, 0.1) is 5.92 Å². The van der Waals surface area contributed by atoms with Gasteiger partial charge in [-0.25, -0.2) is 0 Å². The van der Waals surface area contributed by atoms with E-state index in [2.05, 4.69) is 23.1 Å². The molecule has 2 aromatic carbocycles. The van der Waals surface area contributed by atoms with Crippen LogP contribution in [0.25, 0.3) is 11.1 Å². The number of fused-ring (bicyclic) bond motifs is 3. The maximum Gasteiger partial charge on any atom is 0.249 e. The van der Waals surface area contributed by atoms with Crippen LogP contribution in [0.2, 0.25) is 0 Å². The topological polar surface area (TPSA) is 62.2 Å². The van der Waals surface area contributed by atoms with E-state index in [1.54, 1.807) is 14.2 Å². The highest BCUT2D eigenvalue weighted by Gasteiger charge is 2.47. The van der Waals surface area contributed by atoms with Crippen LogP contribution in [0.15, 0.2) is 42.5 Å². The summed E-state index contributed by atoms with van der Waals surface area (Å²) in [7, 11) is 5.24. The van der Waals surface area contributed by atoms with Gasteiger partial charge in [-0.2, -0.15) is 0 Å². The standard InChI is InChI=1S/C23H28N2O4/c1-24-20-9-6-16(15-4-7-17(29-3)8-5-15)12-19(20)23-18(21(24)13-26)10-11-25(23)22(27)14-28-2/h4-9,12,18,21,23,26H,10-11,13-14H2,1-3H3/t18-,21+,23-/m0/s1. The third kappa shape index (κ3) is 3.36. The van der Waals surface area contributed by atoms with Crippen molar-refractivity contribution in [1.82, 2.24) is 4.90 Å². The van der Waals surface area contributed by atoms with Crippen LogP contribution >= 0.6 is 0 Å². The van der Waals surface area contributed by atoms with Gasteiger partial charge in [0.15, 0.2) is 0 Å². The van der Waals surface area contributed by atoms with Crippen molar-refractivity contribution in [2.24, 2.45) is 5.92 Å². The lowest BCUT2D eigenvalue weighted by Crippen LogP contribution is -2.48. The molecule has 2 aliphatic heterocycles. The van der Waals surface area contributed by atoms with Crippen LogP contribution in [0.5, 0.6) is 5.75 Å². The van der Waals surface area contributed by atoms with E-state index in [4.69, 9.17) is 9.47 Å². The molecule has 0 radical (unpaired) electrons. The van der Waals surface area contributed by atoms with E-state index in [9.17, 15) is 9.90 Å². The summed E-state index contributed by atoms with van der Waals surface area (Å²) in [5.41, 5.74) is 4.41. The summed E-state index contributed by atoms with van der Waals surface area (Å²) in [6.45, 7) is 0.841. The minimum atomic E-state index is -0.0424. The Kier molecular flexibility index (Phi) is 5.48. The summed E-state index contributed by atoms with van der Waals surface area (Å²) < 4.78 is 10.4. The number of likely N-dealkylation sites (tertiary alicyclic amines) is 1. The maximum atomic E-state index is 12.7. The van der Waals surface area contributed by atoms with Gasteiger partial charge in [0.2, 0.25) is 5.91 Å². The Morgan fingerprint density at radius 1 is 1.14 bits per heavy atom. The number of carbonyl (C=O) groups excluding carboxylic acids is 1. The molecule has 0 unspecified atom stereocenters. The van der Waals surface area contributed by atoms with Gasteiger partial charge < -0.3 is 24.4 Å². The number of nitrogens with zero attached hydrogens (tertiary/aromatic N) is 2. The number of anilines is 1. The molecule has 0 saturated carbocycles. The van der Waals surface area contributed by atoms with E-state index < -0.39 is 0 Å². The lowest BCUT2D eigenvalue weighted by molar-refractivity contribution is -0.136. The Labute approximate surface area is 171 Å². The molecule has 4 rings (SSSR count). The smallest absolute Gasteiger partial charge is 0.249 e. The second-order valence-corrected chi connectivity index (χ2v) is 7.78. The number of ether oxygens (including phenoxy) is 2. The molecule has 0 aromatic heterocycles. The molecule has 154 valence electrons. The van der Waals surface area contributed by atoms with Crippen molar-refractivity contribution >= 4 is 11.6 Å². The van der Waals surface area contributed by atoms with E-state index in [0.29, 0.717) is 6.54 Å². The SMILES string of the molecule is COCC(=O)N1CC[C@@H]2[C@H]1c1cc(-c3ccc(OC)cc3)ccc1N(C)[C@@H]2CO. The van der Waals surface area contributed by atoms with Gasteiger partial charge in [-0.1, -0.05) is 18.2 Å². The first kappa shape index (κ1) is 19.7. The molecular formula is C23H28N2O4. The van der Waals surface area contributed by atoms with Crippen molar-refractivity contribution in [1.29, 1.82) is 0 Å². The molecule has 0 spiro atoms. The van der Waals surface area contributed by atoms with E-state index >= 15 is 0 Å². The van der Waals surface area contributed by atoms with Crippen molar-refractivity contribution in [3.63, 3.8) is 0 Å². The van der Waals surface area contributed by atoms with Gasteiger partial charge >= 0.3 is 0 Å². The van der Waals surface area contributed by atoms with Gasteiger partial charge in [0.1, 0.15) is 12.4 Å². The van der Waals surface area contributed by atoms with E-state index in [-0.39, 0.29) is 37.1 Å². The van der Waals surface area contributed by atoms with Crippen molar-refractivity contribution in [3.05, 3.63) is 48.0 Å². The van der Waals surface area contributed by atoms with E-state index in [0.717, 1.165) is 34.5 Å². The number of hydrogen-bond acceptors (Lipinski definition) is 5. The first-order chi connectivity index (χ1) is 14.1. The number of aliphatic hydroxyl groups is 1. The summed E-state index contributed by atoms with van der Waals surface area (Å²) in [6.07, 6.45) is 0.877. The fraction of sp³-hybridized carbons (Fsp3) is 0.435. The molecule has 6 nitrogen and oxygen atoms in total. The van der Waals surface area contributed by atoms with Crippen LogP contribution in [-0.2, 0) is 9.53 Å². The maximum absolute atomic E-state index is 12.7. The number of aliphatic hydroxyl groups excluding tert-OH is 1. The third-order valence-corrected chi connectivity index (χ3v) is 6.36. The number of rotatable bonds is 5. The predicted molar refractivity (Wildman–Crippen MR) is 112 cm³/mol. The highest BCUT2D eigenvalue weighted by Crippen LogP contribution is 2.49. The Morgan fingerprint density at radius 2 is 1.86 bits per heavy atom. The van der Waals surface area contributed by atoms with Crippen molar-refractivity contribution < 1.29 is 19.4 Å². The number of amides is 1. The average Bonchev–Trinajstić information content (AvgIpc) is 3.19. The van der Waals surface area contributed by atoms with Gasteiger partial charge in [-0.15, -0.1) is 0 Å². The molecule has 2 aromatic rings. The van der Waals surface area contributed by atoms with Crippen molar-refractivity contribution in [2.75, 3.05) is 45.9 Å². The van der Waals surface area contributed by atoms with Gasteiger partial charge in [-0.3, -0.25) is 4.79 Å². The highest BCUT2D eigenvalue weighted by atomic mass is 16.5. The second-order valence-electron chi connectivity index (χ2n) is 7.78. The Morgan fingerprint density at radius 3 is 2.52 bits per heavy atom. The molecule has 0 bridgehead atoms. The molecule has 3 atom stereocenters. The largest absolute Gasteiger partial charge is 0.497 e. The molecule has 1 saturated heterocycles. The quantitative estimate of drug-likeness (QED) is 0.842. The van der Waals surface area contributed by atoms with Gasteiger partial charge in [0.25, 0.3) is 0 Å². The molecule has 1 amide bonds. The highest BCUT2D eigenvalue weighted by molar-refractivity contribution is 5.80. The molecule has 1 N–H and O–H groups in total. The van der Waals surface area contributed by atoms with Crippen LogP contribution in [0.3, 0.4) is 0 Å². The zero-order valence-electron chi connectivity index (χ0n) is 17.2. The molecule has 6 heteroatoms. The number of benzene rings is 2. The van der Waals surface area contributed by atoms with Gasteiger partial charge in [0.05, 0.1) is 25.8 Å². The minimum Gasteiger partial charge on any atom is -0.497 e. The lowest BCUT2D eigenvalue weighted by atomic mass is 9.81. The molecule has 1 fully saturated rings. The zero-order valence-corrected chi connectivity index (χ0v) is 17.2. The average molecular weight is 396 g/mol. The summed E-state index contributed by atoms with van der Waals surface area (Å²) in [5, 5.41) is 10.1. The van der Waals surface area contributed by atoms with Crippen LogP contribution < -0.4 is 9.64 Å². The molecule has 29 heavy (non-hydrogen) atoms. The summed E-state index contributed by atoms with van der Waals surface area (Å²) in [6, 6.07) is 14.3. The molecular weight excluding hydrogens is 368 g/mol.